The monoisotopic (exact) mass is 457 g/mol. The zero-order valence-corrected chi connectivity index (χ0v) is 19.2. The number of rotatable bonds is 5. The molecule has 2 aromatic rings. The Kier molecular flexibility index (Phi) is 6.30. The van der Waals surface area contributed by atoms with E-state index in [1.807, 2.05) is 6.07 Å². The lowest BCUT2D eigenvalue weighted by Gasteiger charge is -2.34. The summed E-state index contributed by atoms with van der Waals surface area (Å²) in [5.41, 5.74) is 3.33. The van der Waals surface area contributed by atoms with E-state index in [1.165, 1.54) is 15.9 Å². The molecular weight excluding hydrogens is 430 g/mol. The molecule has 1 aromatic carbocycles. The first-order chi connectivity index (χ1) is 15.3. The molecule has 8 nitrogen and oxygen atoms in total. The number of hydrogen-bond donors (Lipinski definition) is 0. The number of ether oxygens (including phenoxy) is 1. The Morgan fingerprint density at radius 3 is 2.44 bits per heavy atom. The van der Waals surface area contributed by atoms with Gasteiger partial charge >= 0.3 is 5.97 Å². The summed E-state index contributed by atoms with van der Waals surface area (Å²) in [5.74, 6) is -0.750. The predicted octanol–water partition coefficient (Wildman–Crippen LogP) is 2.20. The highest BCUT2D eigenvalue weighted by molar-refractivity contribution is 7.89. The predicted molar refractivity (Wildman–Crippen MR) is 118 cm³/mol. The van der Waals surface area contributed by atoms with Gasteiger partial charge in [0.05, 0.1) is 22.8 Å². The number of aryl methyl sites for hydroxylation is 3. The first-order valence-electron chi connectivity index (χ1n) is 10.9. The van der Waals surface area contributed by atoms with Crippen LogP contribution in [0.1, 0.15) is 51.0 Å². The Balaban J connectivity index is 1.42. The fourth-order valence-corrected chi connectivity index (χ4v) is 5.73. The normalized spacial score (nSPS) is 16.6. The van der Waals surface area contributed by atoms with Gasteiger partial charge < -0.3 is 9.64 Å². The molecule has 0 bridgehead atoms. The van der Waals surface area contributed by atoms with Crippen molar-refractivity contribution >= 4 is 21.9 Å². The molecule has 0 spiro atoms. The van der Waals surface area contributed by atoms with Gasteiger partial charge in [-0.15, -0.1) is 0 Å². The van der Waals surface area contributed by atoms with Gasteiger partial charge in [-0.3, -0.25) is 4.79 Å². The van der Waals surface area contributed by atoms with E-state index in [-0.39, 0.29) is 44.4 Å². The number of sulfonamides is 1. The number of carbonyl (C=O) groups excluding carboxylic acids is 2. The lowest BCUT2D eigenvalue weighted by molar-refractivity contribution is 0.0523. The molecule has 2 aliphatic rings. The SMILES string of the molecule is CCOC(=O)c1ccc(C(=O)N2CCN(S(=O)(=O)c3ccc4c(c3)CCC4)CC2)nc1C. The number of benzene rings is 1. The number of carbonyl (C=O) groups is 2. The fourth-order valence-electron chi connectivity index (χ4n) is 4.26. The Morgan fingerprint density at radius 2 is 1.75 bits per heavy atom. The molecule has 170 valence electrons. The molecule has 0 atom stereocenters. The number of nitrogens with zero attached hydrogens (tertiary/aromatic N) is 3. The highest BCUT2D eigenvalue weighted by Crippen LogP contribution is 2.27. The third kappa shape index (κ3) is 4.27. The molecule has 0 saturated carbocycles. The third-order valence-electron chi connectivity index (χ3n) is 6.03. The average Bonchev–Trinajstić information content (AvgIpc) is 3.26. The van der Waals surface area contributed by atoms with E-state index in [0.29, 0.717) is 16.2 Å². The number of hydrogen-bond acceptors (Lipinski definition) is 6. The summed E-state index contributed by atoms with van der Waals surface area (Å²) in [5, 5.41) is 0. The van der Waals surface area contributed by atoms with Gasteiger partial charge in [0.15, 0.2) is 0 Å². The van der Waals surface area contributed by atoms with Crippen molar-refractivity contribution < 1.29 is 22.7 Å². The molecule has 1 aromatic heterocycles. The Morgan fingerprint density at radius 1 is 1.03 bits per heavy atom. The van der Waals surface area contributed by atoms with Crippen molar-refractivity contribution in [2.24, 2.45) is 0 Å². The number of fused-ring (bicyclic) bond motifs is 1. The Labute approximate surface area is 188 Å². The Hall–Kier alpha value is -2.78. The summed E-state index contributed by atoms with van der Waals surface area (Å²) >= 11 is 0. The molecule has 2 heterocycles. The van der Waals surface area contributed by atoms with Crippen LogP contribution < -0.4 is 0 Å². The minimum absolute atomic E-state index is 0.227. The van der Waals surface area contributed by atoms with Crippen molar-refractivity contribution in [2.45, 2.75) is 38.0 Å². The van der Waals surface area contributed by atoms with Crippen LogP contribution in [0.5, 0.6) is 0 Å². The maximum absolute atomic E-state index is 13.1. The van der Waals surface area contributed by atoms with Gasteiger partial charge in [-0.05, 0) is 68.5 Å². The van der Waals surface area contributed by atoms with Gasteiger partial charge in [-0.25, -0.2) is 18.2 Å². The third-order valence-corrected chi connectivity index (χ3v) is 7.93. The van der Waals surface area contributed by atoms with Crippen LogP contribution in [0.2, 0.25) is 0 Å². The van der Waals surface area contributed by atoms with Gasteiger partial charge in [-0.2, -0.15) is 4.31 Å². The number of pyridine rings is 1. The molecule has 1 fully saturated rings. The van der Waals surface area contributed by atoms with Crippen molar-refractivity contribution in [3.8, 4) is 0 Å². The van der Waals surface area contributed by atoms with Crippen LogP contribution in [0.15, 0.2) is 35.2 Å². The van der Waals surface area contributed by atoms with E-state index >= 15 is 0 Å². The molecule has 0 N–H and O–H groups in total. The van der Waals surface area contributed by atoms with Crippen molar-refractivity contribution in [3.63, 3.8) is 0 Å². The van der Waals surface area contributed by atoms with Gasteiger partial charge in [0.25, 0.3) is 5.91 Å². The van der Waals surface area contributed by atoms with Crippen molar-refractivity contribution in [1.82, 2.24) is 14.2 Å². The second-order valence-electron chi connectivity index (χ2n) is 8.03. The zero-order chi connectivity index (χ0) is 22.9. The van der Waals surface area contributed by atoms with Crippen LogP contribution in [0.25, 0.3) is 0 Å². The molecule has 1 saturated heterocycles. The number of amides is 1. The van der Waals surface area contributed by atoms with Crippen LogP contribution in [0.3, 0.4) is 0 Å². The van der Waals surface area contributed by atoms with Crippen molar-refractivity contribution in [2.75, 3.05) is 32.8 Å². The van der Waals surface area contributed by atoms with Crippen LogP contribution in [-0.2, 0) is 27.6 Å². The lowest BCUT2D eigenvalue weighted by Crippen LogP contribution is -2.50. The molecular formula is C23H27N3O5S. The highest BCUT2D eigenvalue weighted by Gasteiger charge is 2.31. The van der Waals surface area contributed by atoms with E-state index in [2.05, 4.69) is 4.98 Å². The van der Waals surface area contributed by atoms with Crippen molar-refractivity contribution in [3.05, 3.63) is 58.4 Å². The smallest absolute Gasteiger partial charge is 0.339 e. The standard InChI is InChI=1S/C23H27N3O5S/c1-3-31-23(28)20-9-10-21(24-16(20)2)22(27)25-11-13-26(14-12-25)32(29,30)19-8-7-17-5-4-6-18(17)15-19/h7-10,15H,3-6,11-14H2,1-2H3. The summed E-state index contributed by atoms with van der Waals surface area (Å²) in [6.45, 7) is 4.66. The summed E-state index contributed by atoms with van der Waals surface area (Å²) in [6.07, 6.45) is 2.99. The van der Waals surface area contributed by atoms with Gasteiger partial charge in [0, 0.05) is 26.2 Å². The first-order valence-corrected chi connectivity index (χ1v) is 12.3. The topological polar surface area (TPSA) is 96.9 Å². The van der Waals surface area contributed by atoms with Gasteiger partial charge in [-0.1, -0.05) is 6.07 Å². The Bertz CT molecular complexity index is 1150. The fraction of sp³-hybridized carbons (Fsp3) is 0.435. The molecule has 1 aliphatic carbocycles. The molecule has 0 radical (unpaired) electrons. The summed E-state index contributed by atoms with van der Waals surface area (Å²) in [7, 11) is -3.60. The van der Waals surface area contributed by atoms with Crippen LogP contribution in [0, 0.1) is 6.92 Å². The molecule has 1 aliphatic heterocycles. The maximum Gasteiger partial charge on any atom is 0.339 e. The molecule has 9 heteroatoms. The largest absolute Gasteiger partial charge is 0.462 e. The van der Waals surface area contributed by atoms with E-state index in [4.69, 9.17) is 4.74 Å². The van der Waals surface area contributed by atoms with Gasteiger partial charge in [0.1, 0.15) is 5.69 Å². The molecule has 4 rings (SSSR count). The summed E-state index contributed by atoms with van der Waals surface area (Å²) < 4.78 is 32.6. The quantitative estimate of drug-likeness (QED) is 0.639. The van der Waals surface area contributed by atoms with E-state index in [9.17, 15) is 18.0 Å². The number of aromatic nitrogens is 1. The zero-order valence-electron chi connectivity index (χ0n) is 18.3. The van der Waals surface area contributed by atoms with Crippen LogP contribution in [0.4, 0.5) is 0 Å². The van der Waals surface area contributed by atoms with Gasteiger partial charge in [0.2, 0.25) is 10.0 Å². The molecule has 1 amide bonds. The maximum atomic E-state index is 13.1. The number of esters is 1. The van der Waals surface area contributed by atoms with Crippen LogP contribution >= 0.6 is 0 Å². The average molecular weight is 458 g/mol. The number of piperazine rings is 1. The summed E-state index contributed by atoms with van der Waals surface area (Å²) in [6, 6.07) is 8.46. The van der Waals surface area contributed by atoms with E-state index in [0.717, 1.165) is 24.8 Å². The first kappa shape index (κ1) is 22.4. The minimum atomic E-state index is -3.60. The minimum Gasteiger partial charge on any atom is -0.462 e. The van der Waals surface area contributed by atoms with Crippen molar-refractivity contribution in [1.29, 1.82) is 0 Å². The van der Waals surface area contributed by atoms with E-state index < -0.39 is 16.0 Å². The van der Waals surface area contributed by atoms with Crippen LogP contribution in [-0.4, -0.2) is 67.3 Å². The second kappa shape index (κ2) is 8.99. The van der Waals surface area contributed by atoms with E-state index in [1.54, 1.807) is 36.9 Å². The molecule has 0 unspecified atom stereocenters. The second-order valence-corrected chi connectivity index (χ2v) is 9.97. The molecule has 32 heavy (non-hydrogen) atoms. The summed E-state index contributed by atoms with van der Waals surface area (Å²) in [4.78, 5) is 31.0. The lowest BCUT2D eigenvalue weighted by atomic mass is 10.1. The highest BCUT2D eigenvalue weighted by atomic mass is 32.2.